The Morgan fingerprint density at radius 1 is 0.630 bits per heavy atom. The first kappa shape index (κ1) is 39.7. The number of benzene rings is 2. The molecule has 2 aromatic carbocycles. The number of phenolic OH excluding ortho intramolecular Hbond substituents is 4. The zero-order valence-corrected chi connectivity index (χ0v) is 27.5. The lowest BCUT2D eigenvalue weighted by Gasteiger charge is -2.45. The van der Waals surface area contributed by atoms with Crippen LogP contribution in [0, 0.1) is 0 Å². The molecule has 3 saturated heterocycles. The Kier molecular flexibility index (Phi) is 11.5. The Hall–Kier alpha value is -3.95. The fraction of sp³-hybridized carbons (Fsp3) is 0.531. The van der Waals surface area contributed by atoms with Crippen LogP contribution in [0.4, 0.5) is 0 Å². The van der Waals surface area contributed by atoms with E-state index in [2.05, 4.69) is 0 Å². The highest BCUT2D eigenvalue weighted by Gasteiger charge is 2.52. The lowest BCUT2D eigenvalue weighted by molar-refractivity contribution is -0.377. The van der Waals surface area contributed by atoms with Gasteiger partial charge in [-0.25, -0.2) is 0 Å². The molecular weight excluding hydrogens is 736 g/mol. The van der Waals surface area contributed by atoms with Crippen molar-refractivity contribution in [1.29, 1.82) is 0 Å². The molecule has 298 valence electrons. The van der Waals surface area contributed by atoms with Crippen LogP contribution in [-0.2, 0) is 23.7 Å². The van der Waals surface area contributed by atoms with E-state index < -0.39 is 151 Å². The molecule has 3 aliphatic heterocycles. The predicted octanol–water partition coefficient (Wildman–Crippen LogP) is -4.93. The summed E-state index contributed by atoms with van der Waals surface area (Å²) in [5.74, 6) is -3.91. The first-order valence-electron chi connectivity index (χ1n) is 16.2. The summed E-state index contributed by atoms with van der Waals surface area (Å²) in [5.41, 5.74) is -1.67. The van der Waals surface area contributed by atoms with Crippen LogP contribution in [0.3, 0.4) is 0 Å². The van der Waals surface area contributed by atoms with E-state index in [0.29, 0.717) is 0 Å². The van der Waals surface area contributed by atoms with Gasteiger partial charge >= 0.3 is 0 Å². The molecule has 0 saturated carbocycles. The number of aliphatic hydroxyl groups is 10. The molecule has 15 atom stereocenters. The second kappa shape index (κ2) is 15.7. The standard InChI is InChI=1S/C32H38O22/c33-6-14-17(38)20(41)24(45)30(50-14)48-7-15-18(39)21(42)25(46)31(51-15)53-28-22(43)23(44)29(47)54-32(28)52-27-19(40)16-12(37)4-9(34)5-13(16)49-26(27)8-1-2-10(35)11(36)3-8/h1-5,14-15,17-18,20-25,28-39,41-47H,6-7H2. The second-order valence-corrected chi connectivity index (χ2v) is 12.8. The highest BCUT2D eigenvalue weighted by atomic mass is 16.8. The molecule has 1 aromatic heterocycles. The zero-order valence-electron chi connectivity index (χ0n) is 27.5. The summed E-state index contributed by atoms with van der Waals surface area (Å²) in [7, 11) is 0. The molecule has 0 spiro atoms. The molecule has 54 heavy (non-hydrogen) atoms. The normalized spacial score (nSPS) is 37.3. The van der Waals surface area contributed by atoms with Crippen molar-refractivity contribution in [3.8, 4) is 40.1 Å². The summed E-state index contributed by atoms with van der Waals surface area (Å²) in [4.78, 5) is 13.9. The topological polar surface area (TPSA) is 369 Å². The van der Waals surface area contributed by atoms with E-state index in [1.165, 1.54) is 6.07 Å². The summed E-state index contributed by atoms with van der Waals surface area (Å²) >= 11 is 0. The van der Waals surface area contributed by atoms with Gasteiger partial charge in [-0.15, -0.1) is 0 Å². The van der Waals surface area contributed by atoms with Crippen LogP contribution in [0.5, 0.6) is 28.7 Å². The fourth-order valence-corrected chi connectivity index (χ4v) is 6.12. The van der Waals surface area contributed by atoms with Gasteiger partial charge < -0.3 is 104 Å². The van der Waals surface area contributed by atoms with Crippen LogP contribution in [0.1, 0.15) is 0 Å². The van der Waals surface area contributed by atoms with Gasteiger partial charge in [0.25, 0.3) is 0 Å². The van der Waals surface area contributed by atoms with E-state index in [0.717, 1.165) is 24.3 Å². The Morgan fingerprint density at radius 2 is 1.28 bits per heavy atom. The van der Waals surface area contributed by atoms with Gasteiger partial charge in [0, 0.05) is 17.7 Å². The van der Waals surface area contributed by atoms with Gasteiger partial charge in [0.15, 0.2) is 42.2 Å². The van der Waals surface area contributed by atoms with Crippen molar-refractivity contribution < 1.29 is 104 Å². The Bertz CT molecular complexity index is 1850. The lowest BCUT2D eigenvalue weighted by Crippen LogP contribution is -2.65. The van der Waals surface area contributed by atoms with Crippen molar-refractivity contribution in [3.05, 3.63) is 40.6 Å². The summed E-state index contributed by atoms with van der Waals surface area (Å²) in [6.07, 6.45) is -29.0. The smallest absolute Gasteiger partial charge is 0.239 e. The molecule has 0 bridgehead atoms. The molecule has 14 N–H and O–H groups in total. The number of fused-ring (bicyclic) bond motifs is 1. The molecule has 3 aliphatic rings. The maximum atomic E-state index is 13.9. The molecule has 15 unspecified atom stereocenters. The fourth-order valence-electron chi connectivity index (χ4n) is 6.12. The largest absolute Gasteiger partial charge is 0.508 e. The summed E-state index contributed by atoms with van der Waals surface area (Å²) in [6.45, 7) is -1.55. The quantitative estimate of drug-likeness (QED) is 0.0906. The van der Waals surface area contributed by atoms with Crippen LogP contribution in [0.2, 0.25) is 0 Å². The van der Waals surface area contributed by atoms with Crippen LogP contribution in [0.15, 0.2) is 39.5 Å². The minimum absolute atomic E-state index is 0.137. The van der Waals surface area contributed by atoms with Crippen LogP contribution < -0.4 is 10.2 Å². The molecule has 3 fully saturated rings. The van der Waals surface area contributed by atoms with Crippen molar-refractivity contribution in [2.75, 3.05) is 13.2 Å². The Morgan fingerprint density at radius 3 is 1.94 bits per heavy atom. The third-order valence-electron chi connectivity index (χ3n) is 9.14. The van der Waals surface area contributed by atoms with Gasteiger partial charge in [0.2, 0.25) is 17.5 Å². The van der Waals surface area contributed by atoms with Crippen molar-refractivity contribution in [2.45, 2.75) is 92.3 Å². The van der Waals surface area contributed by atoms with Crippen LogP contribution >= 0.6 is 0 Å². The minimum Gasteiger partial charge on any atom is -0.508 e. The summed E-state index contributed by atoms with van der Waals surface area (Å²) < 4.78 is 38.8. The van der Waals surface area contributed by atoms with Gasteiger partial charge in [-0.1, -0.05) is 0 Å². The third kappa shape index (κ3) is 7.38. The summed E-state index contributed by atoms with van der Waals surface area (Å²) in [6, 6.07) is 4.91. The molecule has 0 amide bonds. The van der Waals surface area contributed by atoms with Gasteiger partial charge in [-0.05, 0) is 18.2 Å². The average Bonchev–Trinajstić information content (AvgIpc) is 3.13. The highest BCUT2D eigenvalue weighted by Crippen LogP contribution is 2.40. The van der Waals surface area contributed by atoms with E-state index >= 15 is 0 Å². The number of hydrogen-bond donors (Lipinski definition) is 14. The predicted molar refractivity (Wildman–Crippen MR) is 169 cm³/mol. The Labute approximate surface area is 301 Å². The number of phenols is 4. The van der Waals surface area contributed by atoms with Crippen molar-refractivity contribution in [1.82, 2.24) is 0 Å². The molecule has 0 aliphatic carbocycles. The van der Waals surface area contributed by atoms with Crippen molar-refractivity contribution in [2.24, 2.45) is 0 Å². The van der Waals surface area contributed by atoms with Crippen molar-refractivity contribution >= 4 is 11.0 Å². The average molecular weight is 775 g/mol. The first-order valence-corrected chi connectivity index (χ1v) is 16.2. The number of aliphatic hydroxyl groups excluding tert-OH is 10. The highest BCUT2D eigenvalue weighted by molar-refractivity contribution is 5.88. The maximum Gasteiger partial charge on any atom is 0.239 e. The molecule has 22 nitrogen and oxygen atoms in total. The van der Waals surface area contributed by atoms with Gasteiger partial charge in [-0.3, -0.25) is 4.79 Å². The third-order valence-corrected chi connectivity index (χ3v) is 9.14. The van der Waals surface area contributed by atoms with E-state index in [1.54, 1.807) is 0 Å². The zero-order chi connectivity index (χ0) is 39.3. The first-order chi connectivity index (χ1) is 25.5. The molecule has 3 aromatic rings. The van der Waals surface area contributed by atoms with E-state index in [-0.39, 0.29) is 11.1 Å². The number of rotatable bonds is 9. The lowest BCUT2D eigenvalue weighted by atomic mass is 9.98. The maximum absolute atomic E-state index is 13.9. The molecule has 4 heterocycles. The van der Waals surface area contributed by atoms with Crippen LogP contribution in [0.25, 0.3) is 22.3 Å². The van der Waals surface area contributed by atoms with E-state index in [9.17, 15) is 76.3 Å². The number of hydrogen-bond acceptors (Lipinski definition) is 22. The molecule has 6 rings (SSSR count). The molecule has 0 radical (unpaired) electrons. The van der Waals surface area contributed by atoms with E-state index in [1.807, 2.05) is 0 Å². The van der Waals surface area contributed by atoms with Gasteiger partial charge in [-0.2, -0.15) is 0 Å². The van der Waals surface area contributed by atoms with Crippen LogP contribution in [-0.4, -0.2) is 177 Å². The monoisotopic (exact) mass is 774 g/mol. The number of aromatic hydroxyl groups is 4. The number of ether oxygens (including phenoxy) is 6. The van der Waals surface area contributed by atoms with Gasteiger partial charge in [0.05, 0.1) is 13.2 Å². The minimum atomic E-state index is -2.21. The SMILES string of the molecule is O=c1c(OC2OC(O)C(O)C(O)C2OC2OC(COC3OC(CO)C(O)C(O)C3O)C(O)C(O)C2O)c(-c2ccc(O)c(O)c2)oc2cc(O)cc(O)c12. The van der Waals surface area contributed by atoms with E-state index in [4.69, 9.17) is 32.8 Å². The van der Waals surface area contributed by atoms with Gasteiger partial charge in [0.1, 0.15) is 83.5 Å². The second-order valence-electron chi connectivity index (χ2n) is 12.8. The molecule has 22 heteroatoms. The Balaban J connectivity index is 1.31. The summed E-state index contributed by atoms with van der Waals surface area (Å²) in [5, 5.41) is 144. The van der Waals surface area contributed by atoms with Crippen molar-refractivity contribution in [3.63, 3.8) is 0 Å². The molecular formula is C32H38O22.